The first-order valence-electron chi connectivity index (χ1n) is 3.76. The molecule has 0 saturated carbocycles. The predicted molar refractivity (Wildman–Crippen MR) is 49.7 cm³/mol. The van der Waals surface area contributed by atoms with E-state index in [0.29, 0.717) is 5.56 Å². The minimum absolute atomic E-state index is 0.267. The van der Waals surface area contributed by atoms with E-state index in [1.54, 1.807) is 19.1 Å². The van der Waals surface area contributed by atoms with Crippen LogP contribution in [0, 0.1) is 0 Å². The van der Waals surface area contributed by atoms with Gasteiger partial charge in [0.05, 0.1) is 0 Å². The zero-order valence-corrected chi connectivity index (χ0v) is 7.18. The molecule has 4 heteroatoms. The van der Waals surface area contributed by atoms with Crippen LogP contribution in [0.4, 0.5) is 0 Å². The Hall–Kier alpha value is -1.84. The lowest BCUT2D eigenvalue weighted by atomic mass is 10.1. The van der Waals surface area contributed by atoms with Crippen LogP contribution in [0.15, 0.2) is 40.6 Å². The molecule has 0 fully saturated rings. The van der Waals surface area contributed by atoms with Gasteiger partial charge in [0.15, 0.2) is 0 Å². The van der Waals surface area contributed by atoms with E-state index in [4.69, 9.17) is 10.4 Å². The van der Waals surface area contributed by atoms with Gasteiger partial charge < -0.3 is 10.4 Å². The Bertz CT molecular complexity index is 331. The van der Waals surface area contributed by atoms with E-state index in [-0.39, 0.29) is 11.4 Å². The van der Waals surface area contributed by atoms with E-state index in [9.17, 15) is 0 Å². The number of hydrogen-bond acceptors (Lipinski definition) is 4. The summed E-state index contributed by atoms with van der Waals surface area (Å²) in [5, 5.41) is 23.2. The summed E-state index contributed by atoms with van der Waals surface area (Å²) in [6.45, 7) is 1.56. The molecule has 1 aromatic carbocycles. The maximum atomic E-state index is 8.68. The quantitative estimate of drug-likeness (QED) is 0.411. The molecule has 0 aliphatic rings. The summed E-state index contributed by atoms with van der Waals surface area (Å²) in [4.78, 5) is 0. The molecule has 0 amide bonds. The molecule has 0 atom stereocenters. The Morgan fingerprint density at radius 3 is 2.15 bits per heavy atom. The third-order valence-corrected chi connectivity index (χ3v) is 1.64. The molecule has 0 bridgehead atoms. The molecule has 1 aromatic rings. The second-order valence-corrected chi connectivity index (χ2v) is 2.50. The molecule has 0 spiro atoms. The lowest BCUT2D eigenvalue weighted by molar-refractivity contribution is 0.314. The van der Waals surface area contributed by atoms with Crippen molar-refractivity contribution in [2.45, 2.75) is 6.92 Å². The lowest BCUT2D eigenvalue weighted by Crippen LogP contribution is -2.11. The fourth-order valence-corrected chi connectivity index (χ4v) is 0.982. The Balaban J connectivity index is 3.07. The molecule has 68 valence electrons. The first-order chi connectivity index (χ1) is 6.29. The van der Waals surface area contributed by atoms with Gasteiger partial charge in [-0.15, -0.1) is 0 Å². The number of nitrogens with zero attached hydrogens (tertiary/aromatic N) is 2. The molecule has 0 unspecified atom stereocenters. The predicted octanol–water partition coefficient (Wildman–Crippen LogP) is 1.71. The number of hydrogen-bond donors (Lipinski definition) is 2. The van der Waals surface area contributed by atoms with Crippen LogP contribution in [-0.2, 0) is 0 Å². The molecule has 0 aliphatic heterocycles. The monoisotopic (exact) mass is 178 g/mol. The average Bonchev–Trinajstić information content (AvgIpc) is 2.20. The summed E-state index contributed by atoms with van der Waals surface area (Å²) in [7, 11) is 0. The number of oxime groups is 2. The molecule has 4 nitrogen and oxygen atoms in total. The lowest BCUT2D eigenvalue weighted by Gasteiger charge is -2.00. The van der Waals surface area contributed by atoms with Crippen molar-refractivity contribution < 1.29 is 10.4 Å². The Morgan fingerprint density at radius 2 is 1.69 bits per heavy atom. The summed E-state index contributed by atoms with van der Waals surface area (Å²) in [5.74, 6) is 0. The summed E-state index contributed by atoms with van der Waals surface area (Å²) in [6, 6.07) is 9.01. The van der Waals surface area contributed by atoms with Gasteiger partial charge in [-0.2, -0.15) is 0 Å². The van der Waals surface area contributed by atoms with Crippen molar-refractivity contribution in [3.05, 3.63) is 35.9 Å². The van der Waals surface area contributed by atoms with Crippen LogP contribution < -0.4 is 0 Å². The van der Waals surface area contributed by atoms with Crippen LogP contribution in [0.1, 0.15) is 12.5 Å². The van der Waals surface area contributed by atoms with E-state index >= 15 is 0 Å². The van der Waals surface area contributed by atoms with Crippen molar-refractivity contribution in [3.63, 3.8) is 0 Å². The summed E-state index contributed by atoms with van der Waals surface area (Å²) < 4.78 is 0. The highest BCUT2D eigenvalue weighted by molar-refractivity contribution is 6.47. The summed E-state index contributed by atoms with van der Waals surface area (Å²) in [6.07, 6.45) is 0. The molecule has 0 aromatic heterocycles. The van der Waals surface area contributed by atoms with Gasteiger partial charge in [0.2, 0.25) is 0 Å². The van der Waals surface area contributed by atoms with E-state index in [2.05, 4.69) is 10.3 Å². The molecule has 0 radical (unpaired) electrons. The summed E-state index contributed by atoms with van der Waals surface area (Å²) >= 11 is 0. The summed E-state index contributed by atoms with van der Waals surface area (Å²) in [5.41, 5.74) is 1.25. The number of benzene rings is 1. The third kappa shape index (κ3) is 2.05. The smallest absolute Gasteiger partial charge is 0.134 e. The van der Waals surface area contributed by atoms with E-state index in [0.717, 1.165) is 0 Å². The molecule has 0 heterocycles. The van der Waals surface area contributed by atoms with Crippen molar-refractivity contribution in [1.29, 1.82) is 0 Å². The van der Waals surface area contributed by atoms with Crippen LogP contribution >= 0.6 is 0 Å². The SMILES string of the molecule is CC(=N\O)/C(=N\O)c1ccccc1. The van der Waals surface area contributed by atoms with E-state index in [1.807, 2.05) is 18.2 Å². The van der Waals surface area contributed by atoms with Crippen molar-refractivity contribution in [2.24, 2.45) is 10.3 Å². The van der Waals surface area contributed by atoms with Crippen molar-refractivity contribution in [2.75, 3.05) is 0 Å². The largest absolute Gasteiger partial charge is 0.411 e. The van der Waals surface area contributed by atoms with Gasteiger partial charge >= 0.3 is 0 Å². The van der Waals surface area contributed by atoms with Crippen molar-refractivity contribution in [1.82, 2.24) is 0 Å². The Labute approximate surface area is 75.8 Å². The highest BCUT2D eigenvalue weighted by atomic mass is 16.4. The highest BCUT2D eigenvalue weighted by Gasteiger charge is 2.07. The third-order valence-electron chi connectivity index (χ3n) is 1.64. The second-order valence-electron chi connectivity index (χ2n) is 2.50. The van der Waals surface area contributed by atoms with Crippen LogP contribution in [-0.4, -0.2) is 21.8 Å². The van der Waals surface area contributed by atoms with Gasteiger partial charge in [0, 0.05) is 5.56 Å². The Morgan fingerprint density at radius 1 is 1.08 bits per heavy atom. The van der Waals surface area contributed by atoms with Crippen LogP contribution in [0.3, 0.4) is 0 Å². The number of rotatable bonds is 2. The second kappa shape index (κ2) is 4.25. The average molecular weight is 178 g/mol. The fourth-order valence-electron chi connectivity index (χ4n) is 0.982. The molecule has 1 rings (SSSR count). The van der Waals surface area contributed by atoms with Gasteiger partial charge in [-0.3, -0.25) is 0 Å². The Kier molecular flexibility index (Phi) is 3.03. The molecule has 0 aliphatic carbocycles. The molecule has 2 N–H and O–H groups in total. The highest BCUT2D eigenvalue weighted by Crippen LogP contribution is 2.02. The van der Waals surface area contributed by atoms with Gasteiger partial charge in [0.25, 0.3) is 0 Å². The van der Waals surface area contributed by atoms with Gasteiger partial charge in [0.1, 0.15) is 11.4 Å². The topological polar surface area (TPSA) is 65.2 Å². The minimum Gasteiger partial charge on any atom is -0.411 e. The molecular weight excluding hydrogens is 168 g/mol. The fraction of sp³-hybridized carbons (Fsp3) is 0.111. The van der Waals surface area contributed by atoms with E-state index in [1.165, 1.54) is 0 Å². The zero-order valence-electron chi connectivity index (χ0n) is 7.18. The molecule has 13 heavy (non-hydrogen) atoms. The van der Waals surface area contributed by atoms with Crippen LogP contribution in [0.2, 0.25) is 0 Å². The molecule has 0 saturated heterocycles. The standard InChI is InChI=1S/C9H10N2O2/c1-7(10-12)9(11-13)8-5-3-2-4-6-8/h2-6,12-13H,1H3/b10-7+,11-9+. The van der Waals surface area contributed by atoms with Gasteiger partial charge in [-0.1, -0.05) is 40.6 Å². The molecular formula is C9H10N2O2. The first-order valence-corrected chi connectivity index (χ1v) is 3.76. The van der Waals surface area contributed by atoms with Gasteiger partial charge in [-0.05, 0) is 6.92 Å². The van der Waals surface area contributed by atoms with E-state index < -0.39 is 0 Å². The van der Waals surface area contributed by atoms with Crippen LogP contribution in [0.5, 0.6) is 0 Å². The van der Waals surface area contributed by atoms with Gasteiger partial charge in [-0.25, -0.2) is 0 Å². The first kappa shape index (κ1) is 9.25. The minimum atomic E-state index is 0.267. The maximum Gasteiger partial charge on any atom is 0.134 e. The normalized spacial score (nSPS) is 13.0. The van der Waals surface area contributed by atoms with Crippen molar-refractivity contribution in [3.8, 4) is 0 Å². The van der Waals surface area contributed by atoms with Crippen LogP contribution in [0.25, 0.3) is 0 Å². The maximum absolute atomic E-state index is 8.68. The van der Waals surface area contributed by atoms with Crippen molar-refractivity contribution >= 4 is 11.4 Å². The zero-order chi connectivity index (χ0) is 9.68.